The third-order valence-electron chi connectivity index (χ3n) is 4.75. The summed E-state index contributed by atoms with van der Waals surface area (Å²) in [6.07, 6.45) is 1.77. The Hall–Kier alpha value is -1.99. The summed E-state index contributed by atoms with van der Waals surface area (Å²) >= 11 is 4.94. The van der Waals surface area contributed by atoms with Crippen molar-refractivity contribution in [2.24, 2.45) is 0 Å². The fourth-order valence-electron chi connectivity index (χ4n) is 3.26. The van der Waals surface area contributed by atoms with Crippen molar-refractivity contribution in [1.82, 2.24) is 9.88 Å². The van der Waals surface area contributed by atoms with Crippen molar-refractivity contribution in [1.29, 1.82) is 0 Å². The Morgan fingerprint density at radius 3 is 2.78 bits per heavy atom. The van der Waals surface area contributed by atoms with Gasteiger partial charge in [0.2, 0.25) is 0 Å². The van der Waals surface area contributed by atoms with Crippen molar-refractivity contribution in [3.05, 3.63) is 57.8 Å². The second kappa shape index (κ2) is 7.94. The number of likely N-dealkylation sites (tertiary alicyclic amines) is 1. The van der Waals surface area contributed by atoms with Gasteiger partial charge in [-0.15, -0.1) is 11.3 Å². The molecule has 7 heteroatoms. The monoisotopic (exact) mass is 448 g/mol. The zero-order chi connectivity index (χ0) is 18.8. The van der Waals surface area contributed by atoms with Gasteiger partial charge in [-0.2, -0.15) is 0 Å². The predicted molar refractivity (Wildman–Crippen MR) is 108 cm³/mol. The van der Waals surface area contributed by atoms with Crippen molar-refractivity contribution in [2.75, 3.05) is 19.7 Å². The Balaban J connectivity index is 1.32. The van der Waals surface area contributed by atoms with Gasteiger partial charge in [-0.1, -0.05) is 28.1 Å². The number of hydrogen-bond acceptors (Lipinski definition) is 4. The third-order valence-corrected chi connectivity index (χ3v) is 6.44. The quantitative estimate of drug-likeness (QED) is 0.564. The normalized spacial score (nSPS) is 15.3. The lowest BCUT2D eigenvalue weighted by Gasteiger charge is -2.31. The molecule has 0 atom stereocenters. The van der Waals surface area contributed by atoms with Crippen LogP contribution in [0.15, 0.2) is 46.9 Å². The predicted octanol–water partition coefficient (Wildman–Crippen LogP) is 4.98. The summed E-state index contributed by atoms with van der Waals surface area (Å²) in [4.78, 5) is 18.9. The molecular weight excluding hydrogens is 431 g/mol. The summed E-state index contributed by atoms with van der Waals surface area (Å²) in [5.74, 6) is -0.112. The summed E-state index contributed by atoms with van der Waals surface area (Å²) in [7, 11) is 0. The maximum absolute atomic E-state index is 13.8. The summed E-state index contributed by atoms with van der Waals surface area (Å²) in [5.41, 5.74) is 1.04. The summed E-state index contributed by atoms with van der Waals surface area (Å²) in [6, 6.07) is 12.7. The molecule has 0 saturated carbocycles. The zero-order valence-corrected chi connectivity index (χ0v) is 16.9. The summed E-state index contributed by atoms with van der Waals surface area (Å²) < 4.78 is 21.0. The maximum Gasteiger partial charge on any atom is 0.260 e. The number of halogens is 2. The van der Waals surface area contributed by atoms with E-state index in [0.717, 1.165) is 23.4 Å². The Morgan fingerprint density at radius 1 is 1.26 bits per heavy atom. The van der Waals surface area contributed by atoms with Crippen molar-refractivity contribution in [2.45, 2.75) is 18.8 Å². The van der Waals surface area contributed by atoms with Gasteiger partial charge in [0.05, 0.1) is 15.2 Å². The molecule has 1 aliphatic heterocycles. The molecule has 4 rings (SSSR count). The first-order valence-electron chi connectivity index (χ1n) is 8.81. The Bertz CT molecular complexity index is 937. The van der Waals surface area contributed by atoms with Gasteiger partial charge < -0.3 is 9.64 Å². The lowest BCUT2D eigenvalue weighted by atomic mass is 9.97. The molecule has 0 unspecified atom stereocenters. The van der Waals surface area contributed by atoms with Gasteiger partial charge in [-0.25, -0.2) is 9.37 Å². The van der Waals surface area contributed by atoms with E-state index in [1.54, 1.807) is 22.3 Å². The SMILES string of the molecule is O=C(COc1ccc(Br)cc1F)N1CCC(c2nc3ccccc3s2)CC1. The topological polar surface area (TPSA) is 42.4 Å². The lowest BCUT2D eigenvalue weighted by molar-refractivity contribution is -0.134. The molecule has 0 bridgehead atoms. The number of ether oxygens (including phenoxy) is 1. The van der Waals surface area contributed by atoms with Gasteiger partial charge in [0.1, 0.15) is 0 Å². The van der Waals surface area contributed by atoms with Gasteiger partial charge in [0.15, 0.2) is 18.2 Å². The minimum Gasteiger partial charge on any atom is -0.481 e. The van der Waals surface area contributed by atoms with Crippen molar-refractivity contribution < 1.29 is 13.9 Å². The molecule has 0 aliphatic carbocycles. The van der Waals surface area contributed by atoms with Crippen molar-refractivity contribution >= 4 is 43.4 Å². The van der Waals surface area contributed by atoms with Crippen LogP contribution >= 0.6 is 27.3 Å². The Morgan fingerprint density at radius 2 is 2.04 bits per heavy atom. The maximum atomic E-state index is 13.8. The third kappa shape index (κ3) is 4.14. The van der Waals surface area contributed by atoms with Gasteiger partial charge >= 0.3 is 0 Å². The van der Waals surface area contributed by atoms with E-state index in [9.17, 15) is 9.18 Å². The van der Waals surface area contributed by atoms with Crippen LogP contribution < -0.4 is 4.74 Å². The molecule has 1 aromatic heterocycles. The Kier molecular flexibility index (Phi) is 5.41. The second-order valence-electron chi connectivity index (χ2n) is 6.54. The van der Waals surface area contributed by atoms with Gasteiger partial charge in [-0.05, 0) is 43.2 Å². The highest BCUT2D eigenvalue weighted by Gasteiger charge is 2.26. The minimum atomic E-state index is -0.480. The molecule has 1 saturated heterocycles. The number of piperidine rings is 1. The number of carbonyl (C=O) groups is 1. The zero-order valence-electron chi connectivity index (χ0n) is 14.5. The van der Waals surface area contributed by atoms with E-state index < -0.39 is 5.82 Å². The fourth-order valence-corrected chi connectivity index (χ4v) is 4.73. The number of rotatable bonds is 4. The molecule has 4 nitrogen and oxygen atoms in total. The summed E-state index contributed by atoms with van der Waals surface area (Å²) in [6.45, 7) is 1.20. The smallest absolute Gasteiger partial charge is 0.260 e. The number of nitrogens with zero attached hydrogens (tertiary/aromatic N) is 2. The Labute approximate surface area is 169 Å². The van der Waals surface area contributed by atoms with E-state index in [-0.39, 0.29) is 18.3 Å². The highest BCUT2D eigenvalue weighted by atomic mass is 79.9. The standard InChI is InChI=1S/C20H18BrFN2O2S/c21-14-5-6-17(15(22)11-14)26-12-19(25)24-9-7-13(8-10-24)20-23-16-3-1-2-4-18(16)27-20/h1-6,11,13H,7-10,12H2. The van der Waals surface area contributed by atoms with Crippen LogP contribution in [0.5, 0.6) is 5.75 Å². The first kappa shape index (κ1) is 18.4. The van der Waals surface area contributed by atoms with Crippen LogP contribution in [0.2, 0.25) is 0 Å². The van der Waals surface area contributed by atoms with Crippen LogP contribution in [-0.2, 0) is 4.79 Å². The van der Waals surface area contributed by atoms with Crippen LogP contribution in [0.25, 0.3) is 10.2 Å². The highest BCUT2D eigenvalue weighted by Crippen LogP contribution is 2.33. The molecule has 0 N–H and O–H groups in total. The largest absolute Gasteiger partial charge is 0.481 e. The molecule has 140 valence electrons. The molecule has 2 aromatic carbocycles. The number of aromatic nitrogens is 1. The number of para-hydroxylation sites is 1. The van der Waals surface area contributed by atoms with Crippen LogP contribution in [0, 0.1) is 5.82 Å². The van der Waals surface area contributed by atoms with E-state index >= 15 is 0 Å². The number of thiazole rings is 1. The van der Waals surface area contributed by atoms with Gasteiger partial charge in [-0.3, -0.25) is 4.79 Å². The molecule has 1 fully saturated rings. The lowest BCUT2D eigenvalue weighted by Crippen LogP contribution is -2.40. The van der Waals surface area contributed by atoms with E-state index in [1.807, 2.05) is 18.2 Å². The fraction of sp³-hybridized carbons (Fsp3) is 0.300. The average molecular weight is 449 g/mol. The van der Waals surface area contributed by atoms with Crippen molar-refractivity contribution in [3.63, 3.8) is 0 Å². The first-order chi connectivity index (χ1) is 13.1. The minimum absolute atomic E-state index is 0.0934. The second-order valence-corrected chi connectivity index (χ2v) is 8.52. The van der Waals surface area contributed by atoms with Crippen LogP contribution in [0.3, 0.4) is 0 Å². The van der Waals surface area contributed by atoms with E-state index in [4.69, 9.17) is 9.72 Å². The van der Waals surface area contributed by atoms with Gasteiger partial charge in [0, 0.05) is 23.5 Å². The van der Waals surface area contributed by atoms with Crippen LogP contribution in [0.1, 0.15) is 23.8 Å². The summed E-state index contributed by atoms with van der Waals surface area (Å²) in [5, 5.41) is 1.15. The molecule has 0 radical (unpaired) electrons. The van der Waals surface area contributed by atoms with E-state index in [2.05, 4.69) is 22.0 Å². The molecule has 27 heavy (non-hydrogen) atoms. The number of fused-ring (bicyclic) bond motifs is 1. The molecular formula is C20H18BrFN2O2S. The average Bonchev–Trinajstić information content (AvgIpc) is 3.11. The number of benzene rings is 2. The molecule has 1 aliphatic rings. The molecule has 3 aromatic rings. The van der Waals surface area contributed by atoms with Crippen LogP contribution in [-0.4, -0.2) is 35.5 Å². The molecule has 1 amide bonds. The van der Waals surface area contributed by atoms with Gasteiger partial charge in [0.25, 0.3) is 5.91 Å². The van der Waals surface area contributed by atoms with E-state index in [1.165, 1.54) is 16.8 Å². The number of amides is 1. The molecule has 0 spiro atoms. The highest BCUT2D eigenvalue weighted by molar-refractivity contribution is 9.10. The van der Waals surface area contributed by atoms with E-state index in [0.29, 0.717) is 23.5 Å². The van der Waals surface area contributed by atoms with Crippen LogP contribution in [0.4, 0.5) is 4.39 Å². The number of hydrogen-bond donors (Lipinski definition) is 0. The number of carbonyl (C=O) groups excluding carboxylic acids is 1. The molecule has 2 heterocycles. The van der Waals surface area contributed by atoms with Crippen molar-refractivity contribution in [3.8, 4) is 5.75 Å². The first-order valence-corrected chi connectivity index (χ1v) is 10.4.